The molecule has 0 saturated carbocycles. The lowest BCUT2D eigenvalue weighted by molar-refractivity contribution is 0.286. The van der Waals surface area contributed by atoms with E-state index in [2.05, 4.69) is 20.9 Å². The second kappa shape index (κ2) is 6.63. The fourth-order valence-electron chi connectivity index (χ4n) is 1.76. The summed E-state index contributed by atoms with van der Waals surface area (Å²) in [4.78, 5) is 4.04. The first-order valence-corrected chi connectivity index (χ1v) is 6.69. The van der Waals surface area contributed by atoms with Gasteiger partial charge in [0.2, 0.25) is 0 Å². The first-order valence-electron chi connectivity index (χ1n) is 5.90. The Bertz CT molecular complexity index is 563. The average molecular weight is 325 g/mol. The lowest BCUT2D eigenvalue weighted by Crippen LogP contribution is -2.07. The fourth-order valence-corrected chi connectivity index (χ4v) is 2.17. The maximum absolute atomic E-state index is 13.8. The summed E-state index contributed by atoms with van der Waals surface area (Å²) in [5, 5.41) is 0. The summed E-state index contributed by atoms with van der Waals surface area (Å²) in [6.45, 7) is 0.725. The Hall–Kier alpha value is -1.46. The molecular formula is C14H14BrFN2O. The van der Waals surface area contributed by atoms with Crippen molar-refractivity contribution in [1.29, 1.82) is 0 Å². The molecule has 2 N–H and O–H groups in total. The van der Waals surface area contributed by atoms with Crippen molar-refractivity contribution in [2.75, 3.05) is 6.54 Å². The molecule has 2 aromatic rings. The van der Waals surface area contributed by atoms with Crippen LogP contribution in [0.1, 0.15) is 11.1 Å². The lowest BCUT2D eigenvalue weighted by atomic mass is 10.1. The third-order valence-corrected chi connectivity index (χ3v) is 3.04. The number of nitrogens with two attached hydrogens (primary N) is 1. The van der Waals surface area contributed by atoms with E-state index in [0.717, 1.165) is 15.6 Å². The molecule has 0 atom stereocenters. The summed E-state index contributed by atoms with van der Waals surface area (Å²) >= 11 is 3.33. The van der Waals surface area contributed by atoms with Gasteiger partial charge in [-0.3, -0.25) is 4.98 Å². The van der Waals surface area contributed by atoms with E-state index >= 15 is 0 Å². The zero-order valence-corrected chi connectivity index (χ0v) is 11.9. The lowest BCUT2D eigenvalue weighted by Gasteiger charge is -2.12. The van der Waals surface area contributed by atoms with Crippen LogP contribution in [0.3, 0.4) is 0 Å². The monoisotopic (exact) mass is 324 g/mol. The molecule has 0 spiro atoms. The van der Waals surface area contributed by atoms with Gasteiger partial charge < -0.3 is 10.5 Å². The van der Waals surface area contributed by atoms with E-state index in [1.165, 1.54) is 6.07 Å². The molecule has 1 heterocycles. The van der Waals surface area contributed by atoms with Gasteiger partial charge in [-0.15, -0.1) is 0 Å². The van der Waals surface area contributed by atoms with Crippen LogP contribution >= 0.6 is 15.9 Å². The van der Waals surface area contributed by atoms with Gasteiger partial charge in [0.15, 0.2) is 11.6 Å². The number of hydrogen-bond acceptors (Lipinski definition) is 3. The van der Waals surface area contributed by atoms with Crippen LogP contribution in [0.4, 0.5) is 4.39 Å². The smallest absolute Gasteiger partial charge is 0.165 e. The molecule has 100 valence electrons. The summed E-state index contributed by atoms with van der Waals surface area (Å²) in [6.07, 6.45) is 3.96. The Morgan fingerprint density at radius 1 is 1.32 bits per heavy atom. The Labute approximate surface area is 119 Å². The Kier molecular flexibility index (Phi) is 4.87. The SMILES string of the molecule is NCCc1cccc(F)c1OCc1cncc(Br)c1. The van der Waals surface area contributed by atoms with Crippen LogP contribution < -0.4 is 10.5 Å². The molecule has 0 aliphatic rings. The van der Waals surface area contributed by atoms with E-state index in [1.54, 1.807) is 18.5 Å². The van der Waals surface area contributed by atoms with Gasteiger partial charge in [-0.2, -0.15) is 0 Å². The highest BCUT2D eigenvalue weighted by Crippen LogP contribution is 2.24. The molecule has 2 rings (SSSR count). The summed E-state index contributed by atoms with van der Waals surface area (Å²) in [6, 6.07) is 6.75. The third-order valence-electron chi connectivity index (χ3n) is 2.61. The predicted molar refractivity (Wildman–Crippen MR) is 75.4 cm³/mol. The van der Waals surface area contributed by atoms with Gasteiger partial charge in [0.1, 0.15) is 6.61 Å². The van der Waals surface area contributed by atoms with E-state index in [-0.39, 0.29) is 18.2 Å². The minimum Gasteiger partial charge on any atom is -0.485 e. The minimum atomic E-state index is -0.367. The summed E-state index contributed by atoms with van der Waals surface area (Å²) in [5.74, 6) is -0.0955. The molecule has 1 aromatic carbocycles. The Balaban J connectivity index is 2.14. The van der Waals surface area contributed by atoms with Crippen LogP contribution in [0.2, 0.25) is 0 Å². The highest BCUT2D eigenvalue weighted by Gasteiger charge is 2.09. The van der Waals surface area contributed by atoms with Gasteiger partial charge in [0.05, 0.1) is 0 Å². The molecule has 0 saturated heterocycles. The number of benzene rings is 1. The number of hydrogen-bond donors (Lipinski definition) is 1. The van der Waals surface area contributed by atoms with Crippen molar-refractivity contribution in [2.45, 2.75) is 13.0 Å². The highest BCUT2D eigenvalue weighted by atomic mass is 79.9. The predicted octanol–water partition coefficient (Wildman–Crippen LogP) is 3.06. The first kappa shape index (κ1) is 14.0. The average Bonchev–Trinajstić information content (AvgIpc) is 2.38. The summed E-state index contributed by atoms with van der Waals surface area (Å²) in [7, 11) is 0. The number of pyridine rings is 1. The van der Waals surface area contributed by atoms with Crippen LogP contribution in [0.25, 0.3) is 0 Å². The van der Waals surface area contributed by atoms with Crippen LogP contribution in [0.5, 0.6) is 5.75 Å². The van der Waals surface area contributed by atoms with Gasteiger partial charge in [0, 0.05) is 22.4 Å². The molecule has 1 aromatic heterocycles. The van der Waals surface area contributed by atoms with E-state index in [4.69, 9.17) is 10.5 Å². The van der Waals surface area contributed by atoms with Crippen molar-refractivity contribution in [3.8, 4) is 5.75 Å². The standard InChI is InChI=1S/C14H14BrFN2O/c15-12-6-10(7-18-8-12)9-19-14-11(4-5-17)2-1-3-13(14)16/h1-3,6-8H,4-5,9,17H2. The minimum absolute atomic E-state index is 0.269. The molecule has 0 aliphatic carbocycles. The molecule has 19 heavy (non-hydrogen) atoms. The summed E-state index contributed by atoms with van der Waals surface area (Å²) < 4.78 is 20.2. The topological polar surface area (TPSA) is 48.1 Å². The van der Waals surface area contributed by atoms with Crippen LogP contribution in [-0.4, -0.2) is 11.5 Å². The van der Waals surface area contributed by atoms with E-state index < -0.39 is 0 Å². The fraction of sp³-hybridized carbons (Fsp3) is 0.214. The molecule has 0 radical (unpaired) electrons. The molecule has 5 heteroatoms. The van der Waals surface area contributed by atoms with Crippen LogP contribution in [0.15, 0.2) is 41.1 Å². The highest BCUT2D eigenvalue weighted by molar-refractivity contribution is 9.10. The van der Waals surface area contributed by atoms with Gasteiger partial charge in [-0.05, 0) is 46.6 Å². The van der Waals surface area contributed by atoms with E-state index in [0.29, 0.717) is 13.0 Å². The zero-order chi connectivity index (χ0) is 13.7. The third kappa shape index (κ3) is 3.75. The van der Waals surface area contributed by atoms with Crippen molar-refractivity contribution >= 4 is 15.9 Å². The van der Waals surface area contributed by atoms with Crippen molar-refractivity contribution in [3.63, 3.8) is 0 Å². The number of nitrogens with zero attached hydrogens (tertiary/aromatic N) is 1. The van der Waals surface area contributed by atoms with Crippen molar-refractivity contribution < 1.29 is 9.13 Å². The van der Waals surface area contributed by atoms with E-state index in [9.17, 15) is 4.39 Å². The normalized spacial score (nSPS) is 10.5. The maximum Gasteiger partial charge on any atom is 0.165 e. The van der Waals surface area contributed by atoms with Gasteiger partial charge in [0.25, 0.3) is 0 Å². The number of ether oxygens (including phenoxy) is 1. The van der Waals surface area contributed by atoms with Gasteiger partial charge in [-0.25, -0.2) is 4.39 Å². The summed E-state index contributed by atoms with van der Waals surface area (Å²) in [5.41, 5.74) is 7.17. The molecule has 0 amide bonds. The molecule has 0 bridgehead atoms. The Morgan fingerprint density at radius 3 is 2.89 bits per heavy atom. The quantitative estimate of drug-likeness (QED) is 0.919. The number of para-hydroxylation sites is 1. The molecular weight excluding hydrogens is 311 g/mol. The molecule has 3 nitrogen and oxygen atoms in total. The van der Waals surface area contributed by atoms with Crippen LogP contribution in [0, 0.1) is 5.82 Å². The maximum atomic E-state index is 13.8. The second-order valence-corrected chi connectivity index (χ2v) is 4.98. The van der Waals surface area contributed by atoms with Crippen LogP contribution in [-0.2, 0) is 13.0 Å². The van der Waals surface area contributed by atoms with Crippen molar-refractivity contribution in [3.05, 3.63) is 58.1 Å². The molecule has 0 fully saturated rings. The number of rotatable bonds is 5. The Morgan fingerprint density at radius 2 is 2.16 bits per heavy atom. The first-order chi connectivity index (χ1) is 9.20. The molecule has 0 aliphatic heterocycles. The zero-order valence-electron chi connectivity index (χ0n) is 10.3. The van der Waals surface area contributed by atoms with Crippen molar-refractivity contribution in [2.24, 2.45) is 5.73 Å². The number of halogens is 2. The van der Waals surface area contributed by atoms with Gasteiger partial charge >= 0.3 is 0 Å². The number of aromatic nitrogens is 1. The second-order valence-electron chi connectivity index (χ2n) is 4.07. The van der Waals surface area contributed by atoms with Gasteiger partial charge in [-0.1, -0.05) is 12.1 Å². The van der Waals surface area contributed by atoms with Crippen molar-refractivity contribution in [1.82, 2.24) is 4.98 Å². The van der Waals surface area contributed by atoms with E-state index in [1.807, 2.05) is 12.1 Å². The molecule has 0 unspecified atom stereocenters. The largest absolute Gasteiger partial charge is 0.485 e.